The fraction of sp³-hybridized carbons (Fsp3) is 0.333. The predicted molar refractivity (Wildman–Crippen MR) is 22.8 cm³/mol. The molecule has 0 nitrogen and oxygen atoms in total. The molecule has 0 aromatic carbocycles. The van der Waals surface area contributed by atoms with Gasteiger partial charge in [-0.05, 0) is 15.9 Å². The summed E-state index contributed by atoms with van der Waals surface area (Å²) in [5.41, 5.74) is 0. The minimum absolute atomic E-state index is 0.0208. The Bertz CT molecular complexity index is 72.7. The topological polar surface area (TPSA) is 0 Å². The Morgan fingerprint density at radius 2 is 1.86 bits per heavy atom. The fourth-order valence-electron chi connectivity index (χ4n) is 0.0619. The van der Waals surface area contributed by atoms with Gasteiger partial charge in [-0.3, -0.25) is 0 Å². The molecule has 0 spiro atoms. The Hall–Kier alpha value is 0.01000. The van der Waals surface area contributed by atoms with Gasteiger partial charge in [-0.2, -0.15) is 13.2 Å². The van der Waals surface area contributed by atoms with Crippen molar-refractivity contribution in [3.05, 3.63) is 11.1 Å². The van der Waals surface area contributed by atoms with E-state index in [2.05, 4.69) is 15.9 Å². The molecule has 0 aliphatic rings. The number of alkyl halides is 3. The summed E-state index contributed by atoms with van der Waals surface area (Å²) in [6.45, 7) is 0. The molecule has 0 aliphatic carbocycles. The summed E-state index contributed by atoms with van der Waals surface area (Å²) in [5.74, 6) is 0. The van der Waals surface area contributed by atoms with Crippen LogP contribution >= 0.6 is 15.9 Å². The lowest BCUT2D eigenvalue weighted by Crippen LogP contribution is -1.99. The first-order valence-electron chi connectivity index (χ1n) is 1.33. The number of rotatable bonds is 0. The molecule has 0 N–H and O–H groups in total. The largest absolute Gasteiger partial charge is 0.410 e. The van der Waals surface area contributed by atoms with Crippen LogP contribution in [0.4, 0.5) is 13.2 Å². The first-order valence-corrected chi connectivity index (χ1v) is 2.13. The minimum Gasteiger partial charge on any atom is -0.167 e. The third-order valence-corrected chi connectivity index (χ3v) is 0.447. The Kier molecular flexibility index (Phi) is 2.35. The Labute approximate surface area is 47.1 Å². The van der Waals surface area contributed by atoms with Gasteiger partial charge in [0.25, 0.3) is 0 Å². The van der Waals surface area contributed by atoms with E-state index < -0.39 is 6.18 Å². The summed E-state index contributed by atoms with van der Waals surface area (Å²) in [4.78, 5) is 1.67. The molecule has 0 fully saturated rings. The van der Waals surface area contributed by atoms with Crippen LogP contribution in [0.15, 0.2) is 6.08 Å². The van der Waals surface area contributed by atoms with E-state index in [1.165, 1.54) is 0 Å². The minimum atomic E-state index is -4.23. The zero-order valence-corrected chi connectivity index (χ0v) is 4.68. The van der Waals surface area contributed by atoms with Crippen LogP contribution in [0.3, 0.4) is 0 Å². The highest BCUT2D eigenvalue weighted by molar-refractivity contribution is 9.10. The van der Waals surface area contributed by atoms with E-state index in [1.54, 1.807) is 4.99 Å². The SMILES string of the molecule is FC(F)(F)/C=[C]/Br. The van der Waals surface area contributed by atoms with Gasteiger partial charge in [0.15, 0.2) is 0 Å². The second-order valence-electron chi connectivity index (χ2n) is 0.795. The maximum atomic E-state index is 10.9. The molecular weight excluding hydrogens is 173 g/mol. The van der Waals surface area contributed by atoms with Crippen LogP contribution in [0.25, 0.3) is 0 Å². The monoisotopic (exact) mass is 173 g/mol. The molecule has 0 saturated carbocycles. The van der Waals surface area contributed by atoms with E-state index >= 15 is 0 Å². The molecule has 0 aromatic heterocycles. The molecule has 0 atom stereocenters. The smallest absolute Gasteiger partial charge is 0.167 e. The molecule has 0 aromatic rings. The Balaban J connectivity index is 3.56. The molecule has 0 rings (SSSR count). The van der Waals surface area contributed by atoms with Crippen LogP contribution in [-0.4, -0.2) is 6.18 Å². The molecule has 0 saturated heterocycles. The number of hydrogen-bond donors (Lipinski definition) is 0. The van der Waals surface area contributed by atoms with Gasteiger partial charge in [0.05, 0.1) is 0 Å². The summed E-state index contributed by atoms with van der Waals surface area (Å²) < 4.78 is 32.7. The molecule has 0 bridgehead atoms. The van der Waals surface area contributed by atoms with E-state index in [-0.39, 0.29) is 6.08 Å². The van der Waals surface area contributed by atoms with Crippen molar-refractivity contribution < 1.29 is 13.2 Å². The summed E-state index contributed by atoms with van der Waals surface area (Å²) in [7, 11) is 0. The van der Waals surface area contributed by atoms with Crippen LogP contribution in [0.2, 0.25) is 0 Å². The second-order valence-corrected chi connectivity index (χ2v) is 1.25. The molecule has 1 radical (unpaired) electrons. The molecule has 4 heteroatoms. The molecule has 41 valence electrons. The van der Waals surface area contributed by atoms with Crippen LogP contribution in [-0.2, 0) is 0 Å². The van der Waals surface area contributed by atoms with Crippen molar-refractivity contribution in [2.24, 2.45) is 0 Å². The van der Waals surface area contributed by atoms with Gasteiger partial charge in [0, 0.05) is 11.1 Å². The first kappa shape index (κ1) is 7.01. The van der Waals surface area contributed by atoms with Gasteiger partial charge in [-0.1, -0.05) is 0 Å². The van der Waals surface area contributed by atoms with Gasteiger partial charge in [-0.15, -0.1) is 0 Å². The van der Waals surface area contributed by atoms with E-state index in [4.69, 9.17) is 0 Å². The standard InChI is InChI=1S/C3HBrF3/c4-2-1-3(5,6)7/h1H. The van der Waals surface area contributed by atoms with Crippen LogP contribution in [0, 0.1) is 4.99 Å². The normalized spacial score (nSPS) is 13.1. The lowest BCUT2D eigenvalue weighted by Gasteiger charge is -1.92. The lowest BCUT2D eigenvalue weighted by atomic mass is 10.6. The van der Waals surface area contributed by atoms with Crippen LogP contribution < -0.4 is 0 Å². The maximum Gasteiger partial charge on any atom is 0.410 e. The number of allylic oxidation sites excluding steroid dienone is 1. The second kappa shape index (κ2) is 2.35. The summed E-state index contributed by atoms with van der Waals surface area (Å²) >= 11 is 2.36. The molecule has 0 unspecified atom stereocenters. The summed E-state index contributed by atoms with van der Waals surface area (Å²) in [5, 5.41) is 0. The van der Waals surface area contributed by atoms with Gasteiger partial charge < -0.3 is 0 Å². The average Bonchev–Trinajstić information content (AvgIpc) is 1.30. The molecule has 0 aliphatic heterocycles. The highest BCUT2D eigenvalue weighted by Crippen LogP contribution is 2.15. The highest BCUT2D eigenvalue weighted by Gasteiger charge is 2.21. The van der Waals surface area contributed by atoms with Crippen LogP contribution in [0.1, 0.15) is 0 Å². The average molecular weight is 174 g/mol. The van der Waals surface area contributed by atoms with Gasteiger partial charge >= 0.3 is 6.18 Å². The number of hydrogen-bond acceptors (Lipinski definition) is 0. The quantitative estimate of drug-likeness (QED) is 0.528. The summed E-state index contributed by atoms with van der Waals surface area (Å²) in [6, 6.07) is 0. The van der Waals surface area contributed by atoms with Gasteiger partial charge in [0.1, 0.15) is 0 Å². The fourth-order valence-corrected chi connectivity index (χ4v) is 0.321. The third kappa shape index (κ3) is 6.01. The van der Waals surface area contributed by atoms with Crippen molar-refractivity contribution in [3.63, 3.8) is 0 Å². The van der Waals surface area contributed by atoms with Crippen molar-refractivity contribution in [1.82, 2.24) is 0 Å². The lowest BCUT2D eigenvalue weighted by molar-refractivity contribution is -0.0799. The highest BCUT2D eigenvalue weighted by atomic mass is 79.9. The zero-order chi connectivity index (χ0) is 5.91. The van der Waals surface area contributed by atoms with Crippen molar-refractivity contribution in [1.29, 1.82) is 0 Å². The van der Waals surface area contributed by atoms with Gasteiger partial charge in [0.2, 0.25) is 0 Å². The van der Waals surface area contributed by atoms with Crippen molar-refractivity contribution in [3.8, 4) is 0 Å². The third-order valence-electron chi connectivity index (χ3n) is 0.218. The van der Waals surface area contributed by atoms with Crippen molar-refractivity contribution in [2.45, 2.75) is 6.18 Å². The Morgan fingerprint density at radius 1 is 1.43 bits per heavy atom. The van der Waals surface area contributed by atoms with Crippen LogP contribution in [0.5, 0.6) is 0 Å². The molecule has 7 heavy (non-hydrogen) atoms. The van der Waals surface area contributed by atoms with E-state index in [1.807, 2.05) is 0 Å². The number of halogens is 4. The predicted octanol–water partition coefficient (Wildman–Crippen LogP) is 2.26. The maximum absolute atomic E-state index is 10.9. The molecular formula is C3HBrF3. The van der Waals surface area contributed by atoms with Crippen molar-refractivity contribution >= 4 is 15.9 Å². The van der Waals surface area contributed by atoms with E-state index in [9.17, 15) is 13.2 Å². The molecule has 0 amide bonds. The van der Waals surface area contributed by atoms with E-state index in [0.29, 0.717) is 0 Å². The van der Waals surface area contributed by atoms with Crippen molar-refractivity contribution in [2.75, 3.05) is 0 Å². The first-order chi connectivity index (χ1) is 3.06. The molecule has 0 heterocycles. The van der Waals surface area contributed by atoms with Gasteiger partial charge in [-0.25, -0.2) is 0 Å². The van der Waals surface area contributed by atoms with E-state index in [0.717, 1.165) is 0 Å². The zero-order valence-electron chi connectivity index (χ0n) is 3.09. The Morgan fingerprint density at radius 3 is 1.86 bits per heavy atom. The summed E-state index contributed by atoms with van der Waals surface area (Å²) in [6.07, 6.45) is -4.25.